The van der Waals surface area contributed by atoms with Crippen molar-refractivity contribution in [2.45, 2.75) is 46.1 Å². The zero-order chi connectivity index (χ0) is 16.2. The van der Waals surface area contributed by atoms with Gasteiger partial charge in [-0.25, -0.2) is 0 Å². The molecule has 1 saturated heterocycles. The molecule has 1 atom stereocenters. The van der Waals surface area contributed by atoms with Crippen molar-refractivity contribution in [1.29, 1.82) is 0 Å². The molecular formula is C18H28N2O2. The van der Waals surface area contributed by atoms with E-state index in [1.807, 2.05) is 29.2 Å². The average molecular weight is 304 g/mol. The number of unbranched alkanes of at least 4 members (excludes halogenated alkanes) is 1. The van der Waals surface area contributed by atoms with Crippen LogP contribution in [0.3, 0.4) is 0 Å². The number of piperidine rings is 1. The second kappa shape index (κ2) is 7.14. The minimum Gasteiger partial charge on any atom is -0.494 e. The Kier molecular flexibility index (Phi) is 5.46. The summed E-state index contributed by atoms with van der Waals surface area (Å²) in [6, 6.07) is 7.62. The largest absolute Gasteiger partial charge is 0.494 e. The maximum absolute atomic E-state index is 12.6. The van der Waals surface area contributed by atoms with Crippen LogP contribution < -0.4 is 10.5 Å². The second-order valence-corrected chi connectivity index (χ2v) is 6.84. The van der Waals surface area contributed by atoms with Crippen molar-refractivity contribution in [3.8, 4) is 5.75 Å². The first-order valence-electron chi connectivity index (χ1n) is 8.22. The molecule has 1 aliphatic rings. The molecule has 122 valence electrons. The van der Waals surface area contributed by atoms with E-state index in [4.69, 9.17) is 10.5 Å². The number of rotatable bonds is 5. The Morgan fingerprint density at radius 3 is 2.64 bits per heavy atom. The Morgan fingerprint density at radius 2 is 2.05 bits per heavy atom. The number of likely N-dealkylation sites (tertiary alicyclic amines) is 1. The molecule has 1 aromatic carbocycles. The highest BCUT2D eigenvalue weighted by Gasteiger charge is 2.35. The van der Waals surface area contributed by atoms with E-state index in [2.05, 4.69) is 20.8 Å². The monoisotopic (exact) mass is 304 g/mol. The lowest BCUT2D eigenvalue weighted by Crippen LogP contribution is -2.53. The SMILES string of the molecule is CCCCOc1ccc(C(=O)N2CCC(N)C(C)(C)C2)cc1. The molecule has 2 rings (SSSR count). The number of nitrogens with zero attached hydrogens (tertiary/aromatic N) is 1. The molecule has 0 saturated carbocycles. The molecule has 4 nitrogen and oxygen atoms in total. The number of hydrogen-bond donors (Lipinski definition) is 1. The number of amides is 1. The van der Waals surface area contributed by atoms with Crippen LogP contribution in [-0.2, 0) is 0 Å². The standard InChI is InChI=1S/C18H28N2O2/c1-4-5-12-22-15-8-6-14(7-9-15)17(21)20-11-10-16(19)18(2,3)13-20/h6-9,16H,4-5,10-13,19H2,1-3H3. The fourth-order valence-electron chi connectivity index (χ4n) is 2.76. The van der Waals surface area contributed by atoms with Gasteiger partial charge in [0.25, 0.3) is 5.91 Å². The fourth-order valence-corrected chi connectivity index (χ4v) is 2.76. The van der Waals surface area contributed by atoms with Crippen LogP contribution in [0.25, 0.3) is 0 Å². The summed E-state index contributed by atoms with van der Waals surface area (Å²) in [5.74, 6) is 0.908. The van der Waals surface area contributed by atoms with Crippen LogP contribution in [0.4, 0.5) is 0 Å². The summed E-state index contributed by atoms with van der Waals surface area (Å²) in [5, 5.41) is 0. The van der Waals surface area contributed by atoms with Crippen molar-refractivity contribution in [2.75, 3.05) is 19.7 Å². The Labute approximate surface area is 133 Å². The van der Waals surface area contributed by atoms with Gasteiger partial charge in [0.1, 0.15) is 5.75 Å². The van der Waals surface area contributed by atoms with Gasteiger partial charge in [0.05, 0.1) is 6.61 Å². The first kappa shape index (κ1) is 16.8. The van der Waals surface area contributed by atoms with Crippen LogP contribution in [0.1, 0.15) is 50.4 Å². The van der Waals surface area contributed by atoms with E-state index < -0.39 is 0 Å². The van der Waals surface area contributed by atoms with Crippen LogP contribution in [-0.4, -0.2) is 36.5 Å². The van der Waals surface area contributed by atoms with Crippen molar-refractivity contribution < 1.29 is 9.53 Å². The van der Waals surface area contributed by atoms with Crippen molar-refractivity contribution in [2.24, 2.45) is 11.1 Å². The van der Waals surface area contributed by atoms with Gasteiger partial charge in [-0.15, -0.1) is 0 Å². The molecule has 1 amide bonds. The molecule has 0 radical (unpaired) electrons. The lowest BCUT2D eigenvalue weighted by Gasteiger charge is -2.42. The van der Waals surface area contributed by atoms with Gasteiger partial charge in [0.2, 0.25) is 0 Å². The lowest BCUT2D eigenvalue weighted by molar-refractivity contribution is 0.0533. The number of nitrogens with two attached hydrogens (primary N) is 1. The zero-order valence-corrected chi connectivity index (χ0v) is 14.0. The molecule has 1 fully saturated rings. The van der Waals surface area contributed by atoms with Crippen molar-refractivity contribution >= 4 is 5.91 Å². The molecule has 2 N–H and O–H groups in total. The molecule has 0 aliphatic carbocycles. The van der Waals surface area contributed by atoms with E-state index in [9.17, 15) is 4.79 Å². The van der Waals surface area contributed by atoms with Gasteiger partial charge in [-0.2, -0.15) is 0 Å². The maximum atomic E-state index is 12.6. The fraction of sp³-hybridized carbons (Fsp3) is 0.611. The number of carbonyl (C=O) groups is 1. The molecule has 0 bridgehead atoms. The first-order valence-corrected chi connectivity index (χ1v) is 8.22. The highest BCUT2D eigenvalue weighted by molar-refractivity contribution is 5.94. The van der Waals surface area contributed by atoms with Gasteiger partial charge in [0, 0.05) is 24.7 Å². The van der Waals surface area contributed by atoms with Crippen LogP contribution in [0.5, 0.6) is 5.75 Å². The average Bonchev–Trinajstić information content (AvgIpc) is 2.50. The summed E-state index contributed by atoms with van der Waals surface area (Å²) < 4.78 is 5.63. The molecule has 1 aromatic rings. The van der Waals surface area contributed by atoms with Crippen LogP contribution in [0, 0.1) is 5.41 Å². The van der Waals surface area contributed by atoms with E-state index in [1.165, 1.54) is 0 Å². The van der Waals surface area contributed by atoms with Crippen LogP contribution in [0.15, 0.2) is 24.3 Å². The number of benzene rings is 1. The van der Waals surface area contributed by atoms with E-state index in [1.54, 1.807) is 0 Å². The predicted molar refractivity (Wildman–Crippen MR) is 89.1 cm³/mol. The van der Waals surface area contributed by atoms with E-state index in [0.29, 0.717) is 12.1 Å². The highest BCUT2D eigenvalue weighted by atomic mass is 16.5. The van der Waals surface area contributed by atoms with Gasteiger partial charge in [-0.3, -0.25) is 4.79 Å². The van der Waals surface area contributed by atoms with Gasteiger partial charge in [-0.1, -0.05) is 27.2 Å². The van der Waals surface area contributed by atoms with Crippen molar-refractivity contribution in [1.82, 2.24) is 4.90 Å². The summed E-state index contributed by atoms with van der Waals surface area (Å²) in [6.07, 6.45) is 3.02. The Hall–Kier alpha value is -1.55. The molecule has 1 aliphatic heterocycles. The summed E-state index contributed by atoms with van der Waals surface area (Å²) in [5.41, 5.74) is 6.82. The van der Waals surface area contributed by atoms with E-state index in [0.717, 1.165) is 38.2 Å². The van der Waals surface area contributed by atoms with E-state index >= 15 is 0 Å². The third-order valence-electron chi connectivity index (χ3n) is 4.47. The molecule has 1 heterocycles. The summed E-state index contributed by atoms with van der Waals surface area (Å²) in [7, 11) is 0. The maximum Gasteiger partial charge on any atom is 0.253 e. The third kappa shape index (κ3) is 4.01. The zero-order valence-electron chi connectivity index (χ0n) is 14.0. The third-order valence-corrected chi connectivity index (χ3v) is 4.47. The number of hydrogen-bond acceptors (Lipinski definition) is 3. The first-order chi connectivity index (χ1) is 10.4. The van der Waals surface area contributed by atoms with Crippen LogP contribution >= 0.6 is 0 Å². The lowest BCUT2D eigenvalue weighted by atomic mass is 9.79. The minimum absolute atomic E-state index is 0.0306. The van der Waals surface area contributed by atoms with Crippen molar-refractivity contribution in [3.05, 3.63) is 29.8 Å². The molecule has 22 heavy (non-hydrogen) atoms. The summed E-state index contributed by atoms with van der Waals surface area (Å²) in [4.78, 5) is 14.5. The summed E-state index contributed by atoms with van der Waals surface area (Å²) in [6.45, 7) is 8.56. The molecule has 4 heteroatoms. The highest BCUT2D eigenvalue weighted by Crippen LogP contribution is 2.28. The molecule has 1 unspecified atom stereocenters. The summed E-state index contributed by atoms with van der Waals surface area (Å²) >= 11 is 0. The minimum atomic E-state index is -0.0306. The smallest absolute Gasteiger partial charge is 0.253 e. The second-order valence-electron chi connectivity index (χ2n) is 6.84. The quantitative estimate of drug-likeness (QED) is 0.851. The molecular weight excluding hydrogens is 276 g/mol. The predicted octanol–water partition coefficient (Wildman–Crippen LogP) is 3.06. The number of carbonyl (C=O) groups excluding carboxylic acids is 1. The normalized spacial score (nSPS) is 20.7. The van der Waals surface area contributed by atoms with Gasteiger partial charge < -0.3 is 15.4 Å². The van der Waals surface area contributed by atoms with Crippen LogP contribution in [0.2, 0.25) is 0 Å². The van der Waals surface area contributed by atoms with Gasteiger partial charge >= 0.3 is 0 Å². The topological polar surface area (TPSA) is 55.6 Å². The number of ether oxygens (including phenoxy) is 1. The van der Waals surface area contributed by atoms with Gasteiger partial charge in [-0.05, 0) is 42.5 Å². The van der Waals surface area contributed by atoms with Crippen molar-refractivity contribution in [3.63, 3.8) is 0 Å². The Morgan fingerprint density at radius 1 is 1.36 bits per heavy atom. The molecule has 0 aromatic heterocycles. The van der Waals surface area contributed by atoms with Gasteiger partial charge in [0.15, 0.2) is 0 Å². The van der Waals surface area contributed by atoms with E-state index in [-0.39, 0.29) is 17.4 Å². The Bertz CT molecular complexity index is 496. The Balaban J connectivity index is 1.98. The molecule has 0 spiro atoms.